The van der Waals surface area contributed by atoms with Crippen molar-refractivity contribution in [2.75, 3.05) is 13.7 Å². The van der Waals surface area contributed by atoms with Crippen molar-refractivity contribution in [2.24, 2.45) is 5.73 Å². The normalized spacial score (nSPS) is 11.7. The largest absolute Gasteiger partial charge is 0.496 e. The van der Waals surface area contributed by atoms with E-state index in [0.717, 1.165) is 31.7 Å². The van der Waals surface area contributed by atoms with E-state index in [-0.39, 0.29) is 5.54 Å². The molecule has 0 spiro atoms. The minimum absolute atomic E-state index is 0.0696. The van der Waals surface area contributed by atoms with E-state index in [9.17, 15) is 0 Å². The van der Waals surface area contributed by atoms with Crippen LogP contribution in [0.2, 0.25) is 0 Å². The van der Waals surface area contributed by atoms with Crippen LogP contribution in [0.5, 0.6) is 5.75 Å². The van der Waals surface area contributed by atoms with Crippen LogP contribution in [0.25, 0.3) is 0 Å². The van der Waals surface area contributed by atoms with Gasteiger partial charge < -0.3 is 15.8 Å². The summed E-state index contributed by atoms with van der Waals surface area (Å²) in [6.07, 6.45) is 2.13. The molecule has 1 rings (SSSR count). The number of nitrogens with one attached hydrogen (secondary N) is 1. The van der Waals surface area contributed by atoms with Gasteiger partial charge in [-0.25, -0.2) is 0 Å². The highest BCUT2D eigenvalue weighted by molar-refractivity contribution is 5.41. The molecule has 0 aliphatic rings. The van der Waals surface area contributed by atoms with E-state index in [1.165, 1.54) is 16.7 Å². The minimum Gasteiger partial charge on any atom is -0.496 e. The molecule has 108 valence electrons. The van der Waals surface area contributed by atoms with Crippen LogP contribution in [-0.2, 0) is 6.54 Å². The summed E-state index contributed by atoms with van der Waals surface area (Å²) in [5, 5.41) is 3.46. The molecule has 0 aliphatic carbocycles. The second-order valence-corrected chi connectivity index (χ2v) is 6.02. The Morgan fingerprint density at radius 3 is 2.42 bits per heavy atom. The molecule has 3 heteroatoms. The summed E-state index contributed by atoms with van der Waals surface area (Å²) in [7, 11) is 1.73. The molecule has 0 atom stereocenters. The average Bonchev–Trinajstić information content (AvgIpc) is 2.31. The van der Waals surface area contributed by atoms with Gasteiger partial charge in [-0.15, -0.1) is 0 Å². The van der Waals surface area contributed by atoms with Crippen molar-refractivity contribution >= 4 is 0 Å². The zero-order chi connectivity index (χ0) is 14.5. The molecule has 1 aromatic carbocycles. The Labute approximate surface area is 117 Å². The molecule has 0 fully saturated rings. The van der Waals surface area contributed by atoms with Crippen molar-refractivity contribution in [1.82, 2.24) is 5.32 Å². The zero-order valence-electron chi connectivity index (χ0n) is 13.0. The third-order valence-electron chi connectivity index (χ3n) is 3.39. The topological polar surface area (TPSA) is 47.3 Å². The molecule has 0 radical (unpaired) electrons. The summed E-state index contributed by atoms with van der Waals surface area (Å²) in [6, 6.07) is 4.31. The Bertz CT molecular complexity index is 408. The predicted molar refractivity (Wildman–Crippen MR) is 81.7 cm³/mol. The van der Waals surface area contributed by atoms with Gasteiger partial charge in [0.15, 0.2) is 0 Å². The van der Waals surface area contributed by atoms with Crippen molar-refractivity contribution in [3.63, 3.8) is 0 Å². The van der Waals surface area contributed by atoms with Gasteiger partial charge in [0.25, 0.3) is 0 Å². The highest BCUT2D eigenvalue weighted by Gasteiger charge is 2.09. The van der Waals surface area contributed by atoms with Gasteiger partial charge in [0, 0.05) is 17.6 Å². The third kappa shape index (κ3) is 5.62. The van der Waals surface area contributed by atoms with E-state index in [4.69, 9.17) is 10.5 Å². The highest BCUT2D eigenvalue weighted by Crippen LogP contribution is 2.22. The summed E-state index contributed by atoms with van der Waals surface area (Å²) in [6.45, 7) is 10.2. The molecule has 1 aromatic rings. The number of hydrogen-bond donors (Lipinski definition) is 2. The first-order valence-corrected chi connectivity index (χ1v) is 6.97. The van der Waals surface area contributed by atoms with Gasteiger partial charge in [0.05, 0.1) is 7.11 Å². The maximum atomic E-state index is 5.96. The first-order chi connectivity index (χ1) is 8.83. The lowest BCUT2D eigenvalue weighted by molar-refractivity contribution is 0.405. The third-order valence-corrected chi connectivity index (χ3v) is 3.39. The lowest BCUT2D eigenvalue weighted by Crippen LogP contribution is -2.32. The van der Waals surface area contributed by atoms with E-state index in [1.807, 2.05) is 0 Å². The van der Waals surface area contributed by atoms with Crippen molar-refractivity contribution in [2.45, 2.75) is 52.6 Å². The molecule has 0 saturated carbocycles. The number of hydrogen-bond acceptors (Lipinski definition) is 3. The van der Waals surface area contributed by atoms with Gasteiger partial charge in [-0.2, -0.15) is 0 Å². The maximum absolute atomic E-state index is 5.96. The number of benzene rings is 1. The lowest BCUT2D eigenvalue weighted by atomic mass is 10.0. The van der Waals surface area contributed by atoms with Crippen molar-refractivity contribution < 1.29 is 4.74 Å². The fourth-order valence-corrected chi connectivity index (χ4v) is 2.07. The van der Waals surface area contributed by atoms with Crippen LogP contribution < -0.4 is 15.8 Å². The summed E-state index contributed by atoms with van der Waals surface area (Å²) < 4.78 is 5.43. The molecule has 0 amide bonds. The molecule has 0 saturated heterocycles. The number of ether oxygens (including phenoxy) is 1. The van der Waals surface area contributed by atoms with Gasteiger partial charge in [0.2, 0.25) is 0 Å². The SMILES string of the molecule is COc1cc(C)c(C)cc1CNCCCC(C)(C)N. The van der Waals surface area contributed by atoms with Crippen LogP contribution in [0.1, 0.15) is 43.4 Å². The van der Waals surface area contributed by atoms with Gasteiger partial charge in [0.1, 0.15) is 5.75 Å². The number of aryl methyl sites for hydroxylation is 2. The van der Waals surface area contributed by atoms with E-state index in [0.29, 0.717) is 0 Å². The smallest absolute Gasteiger partial charge is 0.123 e. The lowest BCUT2D eigenvalue weighted by Gasteiger charge is -2.18. The Morgan fingerprint density at radius 1 is 1.21 bits per heavy atom. The number of nitrogens with two attached hydrogens (primary N) is 1. The molecular weight excluding hydrogens is 236 g/mol. The van der Waals surface area contributed by atoms with E-state index < -0.39 is 0 Å². The van der Waals surface area contributed by atoms with Crippen LogP contribution in [-0.4, -0.2) is 19.2 Å². The van der Waals surface area contributed by atoms with E-state index in [1.54, 1.807) is 7.11 Å². The molecule has 0 bridgehead atoms. The monoisotopic (exact) mass is 264 g/mol. The molecule has 3 N–H and O–H groups in total. The zero-order valence-corrected chi connectivity index (χ0v) is 13.0. The van der Waals surface area contributed by atoms with Crippen molar-refractivity contribution in [3.8, 4) is 5.75 Å². The minimum atomic E-state index is -0.0696. The fraction of sp³-hybridized carbons (Fsp3) is 0.625. The van der Waals surface area contributed by atoms with Gasteiger partial charge >= 0.3 is 0 Å². The standard InChI is InChI=1S/C16H28N2O/c1-12-9-14(15(19-5)10-13(12)2)11-18-8-6-7-16(3,4)17/h9-10,18H,6-8,11,17H2,1-5H3. The number of methoxy groups -OCH3 is 1. The van der Waals surface area contributed by atoms with Gasteiger partial charge in [-0.1, -0.05) is 6.07 Å². The Hall–Kier alpha value is -1.06. The Morgan fingerprint density at radius 2 is 1.84 bits per heavy atom. The Balaban J connectivity index is 2.47. The summed E-state index contributed by atoms with van der Waals surface area (Å²) in [4.78, 5) is 0. The van der Waals surface area contributed by atoms with Crippen LogP contribution in [0.4, 0.5) is 0 Å². The molecule has 0 heterocycles. The van der Waals surface area contributed by atoms with Crippen LogP contribution in [0.15, 0.2) is 12.1 Å². The predicted octanol–water partition coefficient (Wildman–Crippen LogP) is 2.92. The van der Waals surface area contributed by atoms with E-state index in [2.05, 4.69) is 45.1 Å². The number of rotatable bonds is 7. The molecule has 0 aromatic heterocycles. The van der Waals surface area contributed by atoms with Crippen LogP contribution in [0.3, 0.4) is 0 Å². The molecule has 0 aliphatic heterocycles. The molecular formula is C16H28N2O. The quantitative estimate of drug-likeness (QED) is 0.744. The molecule has 0 unspecified atom stereocenters. The molecule has 3 nitrogen and oxygen atoms in total. The molecule has 19 heavy (non-hydrogen) atoms. The first kappa shape index (κ1) is 16.0. The fourth-order valence-electron chi connectivity index (χ4n) is 2.07. The van der Waals surface area contributed by atoms with Crippen LogP contribution in [0, 0.1) is 13.8 Å². The highest BCUT2D eigenvalue weighted by atomic mass is 16.5. The second kappa shape index (κ2) is 6.92. The van der Waals surface area contributed by atoms with Gasteiger partial charge in [-0.05, 0) is 64.3 Å². The summed E-state index contributed by atoms with van der Waals surface area (Å²) >= 11 is 0. The van der Waals surface area contributed by atoms with Crippen molar-refractivity contribution in [1.29, 1.82) is 0 Å². The average molecular weight is 264 g/mol. The van der Waals surface area contributed by atoms with Crippen LogP contribution >= 0.6 is 0 Å². The van der Waals surface area contributed by atoms with E-state index >= 15 is 0 Å². The van der Waals surface area contributed by atoms with Crippen molar-refractivity contribution in [3.05, 3.63) is 28.8 Å². The maximum Gasteiger partial charge on any atom is 0.123 e. The second-order valence-electron chi connectivity index (χ2n) is 6.02. The summed E-state index contributed by atoms with van der Waals surface area (Å²) in [5.74, 6) is 0.967. The van der Waals surface area contributed by atoms with Gasteiger partial charge in [-0.3, -0.25) is 0 Å². The first-order valence-electron chi connectivity index (χ1n) is 6.97. The Kier molecular flexibility index (Phi) is 5.83. The summed E-state index contributed by atoms with van der Waals surface area (Å²) in [5.41, 5.74) is 9.69.